The highest BCUT2D eigenvalue weighted by atomic mass is 19.1. The van der Waals surface area contributed by atoms with E-state index in [-0.39, 0.29) is 11.6 Å². The third kappa shape index (κ3) is 3.36. The molecule has 1 aromatic carbocycles. The Hall–Kier alpha value is -3.94. The van der Waals surface area contributed by atoms with Gasteiger partial charge in [-0.3, -0.25) is 4.98 Å². The maximum absolute atomic E-state index is 14.8. The standard InChI is InChI=1S/C21H18FN5O2/c1-28-15-5-3-4-14(17(15)22)21-26-18(12-6-8-24-9-7-12)19(27-21)13-10-16(29-2)20(23)25-11-13/h3-11H,1-2H3,(H2,23,25)(H,26,27). The van der Waals surface area contributed by atoms with Crippen LogP contribution in [0.3, 0.4) is 0 Å². The van der Waals surface area contributed by atoms with E-state index < -0.39 is 5.82 Å². The largest absolute Gasteiger partial charge is 0.494 e. The summed E-state index contributed by atoms with van der Waals surface area (Å²) in [5.74, 6) is 0.720. The molecule has 0 saturated heterocycles. The van der Waals surface area contributed by atoms with E-state index in [0.717, 1.165) is 5.56 Å². The van der Waals surface area contributed by atoms with E-state index in [1.54, 1.807) is 42.9 Å². The fourth-order valence-electron chi connectivity index (χ4n) is 3.04. The highest BCUT2D eigenvalue weighted by molar-refractivity contribution is 5.82. The summed E-state index contributed by atoms with van der Waals surface area (Å²) in [6.07, 6.45) is 4.95. The van der Waals surface area contributed by atoms with E-state index in [4.69, 9.17) is 15.2 Å². The number of nitrogens with one attached hydrogen (secondary N) is 1. The van der Waals surface area contributed by atoms with Gasteiger partial charge in [-0.15, -0.1) is 0 Å². The highest BCUT2D eigenvalue weighted by Gasteiger charge is 2.20. The first-order valence-electron chi connectivity index (χ1n) is 8.75. The molecule has 8 heteroatoms. The molecule has 0 aliphatic carbocycles. The van der Waals surface area contributed by atoms with Crippen LogP contribution in [-0.4, -0.2) is 34.2 Å². The number of imidazole rings is 1. The highest BCUT2D eigenvalue weighted by Crippen LogP contribution is 2.36. The molecule has 0 aliphatic heterocycles. The summed E-state index contributed by atoms with van der Waals surface area (Å²) >= 11 is 0. The summed E-state index contributed by atoms with van der Waals surface area (Å²) in [7, 11) is 2.94. The van der Waals surface area contributed by atoms with Gasteiger partial charge in [0.1, 0.15) is 5.82 Å². The van der Waals surface area contributed by atoms with Crippen molar-refractivity contribution in [3.05, 3.63) is 60.8 Å². The van der Waals surface area contributed by atoms with Crippen LogP contribution in [0.5, 0.6) is 11.5 Å². The Morgan fingerprint density at radius 2 is 1.76 bits per heavy atom. The Balaban J connectivity index is 1.93. The number of nitrogens with two attached hydrogens (primary N) is 1. The maximum atomic E-state index is 14.8. The summed E-state index contributed by atoms with van der Waals surface area (Å²) < 4.78 is 25.2. The van der Waals surface area contributed by atoms with E-state index in [1.807, 2.05) is 12.1 Å². The molecular weight excluding hydrogens is 373 g/mol. The average Bonchev–Trinajstić information content (AvgIpc) is 3.20. The zero-order valence-electron chi connectivity index (χ0n) is 15.8. The SMILES string of the molecule is COc1cc(-c2[nH]c(-c3cccc(OC)c3F)nc2-c2ccncc2)cnc1N. The van der Waals surface area contributed by atoms with Crippen molar-refractivity contribution in [3.8, 4) is 45.4 Å². The number of aromatic nitrogens is 4. The number of hydrogen-bond donors (Lipinski definition) is 2. The molecular formula is C21H18FN5O2. The van der Waals surface area contributed by atoms with Gasteiger partial charge in [0.2, 0.25) is 0 Å². The Kier molecular flexibility index (Phi) is 4.82. The van der Waals surface area contributed by atoms with Gasteiger partial charge in [0.15, 0.2) is 23.1 Å². The predicted molar refractivity (Wildman–Crippen MR) is 108 cm³/mol. The maximum Gasteiger partial charge on any atom is 0.175 e. The number of anilines is 1. The second-order valence-electron chi connectivity index (χ2n) is 6.18. The third-order valence-corrected chi connectivity index (χ3v) is 4.49. The zero-order chi connectivity index (χ0) is 20.4. The lowest BCUT2D eigenvalue weighted by Crippen LogP contribution is -1.96. The van der Waals surface area contributed by atoms with Crippen molar-refractivity contribution in [3.63, 3.8) is 0 Å². The van der Waals surface area contributed by atoms with E-state index in [0.29, 0.717) is 34.1 Å². The van der Waals surface area contributed by atoms with Crippen LogP contribution in [0.2, 0.25) is 0 Å². The average molecular weight is 391 g/mol. The number of halogens is 1. The Bertz CT molecular complexity index is 1160. The van der Waals surface area contributed by atoms with E-state index in [1.165, 1.54) is 14.2 Å². The van der Waals surface area contributed by atoms with Gasteiger partial charge < -0.3 is 20.2 Å². The van der Waals surface area contributed by atoms with E-state index in [9.17, 15) is 4.39 Å². The van der Waals surface area contributed by atoms with Crippen LogP contribution in [0.25, 0.3) is 33.9 Å². The van der Waals surface area contributed by atoms with Crippen LogP contribution in [0.15, 0.2) is 55.0 Å². The second-order valence-corrected chi connectivity index (χ2v) is 6.18. The molecule has 0 unspecified atom stereocenters. The van der Waals surface area contributed by atoms with Crippen LogP contribution in [0, 0.1) is 5.82 Å². The van der Waals surface area contributed by atoms with Crippen molar-refractivity contribution >= 4 is 5.82 Å². The lowest BCUT2D eigenvalue weighted by Gasteiger charge is -2.07. The van der Waals surface area contributed by atoms with Gasteiger partial charge in [-0.25, -0.2) is 14.4 Å². The summed E-state index contributed by atoms with van der Waals surface area (Å²) in [6.45, 7) is 0. The van der Waals surface area contributed by atoms with Crippen molar-refractivity contribution in [1.29, 1.82) is 0 Å². The van der Waals surface area contributed by atoms with Crippen LogP contribution in [0.4, 0.5) is 10.2 Å². The van der Waals surface area contributed by atoms with E-state index >= 15 is 0 Å². The van der Waals surface area contributed by atoms with Gasteiger partial charge in [0.25, 0.3) is 0 Å². The molecule has 0 atom stereocenters. The minimum Gasteiger partial charge on any atom is -0.494 e. The van der Waals surface area contributed by atoms with Gasteiger partial charge in [-0.1, -0.05) is 6.07 Å². The van der Waals surface area contributed by atoms with Gasteiger partial charge in [-0.2, -0.15) is 0 Å². The molecule has 0 bridgehead atoms. The number of rotatable bonds is 5. The van der Waals surface area contributed by atoms with Crippen molar-refractivity contribution in [2.45, 2.75) is 0 Å². The van der Waals surface area contributed by atoms with Crippen LogP contribution in [0.1, 0.15) is 0 Å². The molecule has 3 aromatic heterocycles. The molecule has 0 amide bonds. The van der Waals surface area contributed by atoms with Gasteiger partial charge in [0.05, 0.1) is 31.2 Å². The Morgan fingerprint density at radius 3 is 2.48 bits per heavy atom. The molecule has 29 heavy (non-hydrogen) atoms. The smallest absolute Gasteiger partial charge is 0.175 e. The van der Waals surface area contributed by atoms with Crippen molar-refractivity contribution < 1.29 is 13.9 Å². The first kappa shape index (κ1) is 18.4. The molecule has 0 fully saturated rings. The monoisotopic (exact) mass is 391 g/mol. The molecule has 4 aromatic rings. The minimum absolute atomic E-state index is 0.140. The summed E-state index contributed by atoms with van der Waals surface area (Å²) in [6, 6.07) is 10.3. The van der Waals surface area contributed by atoms with Gasteiger partial charge in [0, 0.05) is 29.7 Å². The summed E-state index contributed by atoms with van der Waals surface area (Å²) in [4.78, 5) is 16.1. The molecule has 0 radical (unpaired) electrons. The molecule has 0 aliphatic rings. The van der Waals surface area contributed by atoms with Crippen molar-refractivity contribution in [2.24, 2.45) is 0 Å². The predicted octanol–water partition coefficient (Wildman–Crippen LogP) is 3.94. The number of aromatic amines is 1. The molecule has 0 saturated carbocycles. The third-order valence-electron chi connectivity index (χ3n) is 4.49. The lowest BCUT2D eigenvalue weighted by atomic mass is 10.1. The van der Waals surface area contributed by atoms with E-state index in [2.05, 4.69) is 19.9 Å². The molecule has 3 heterocycles. The zero-order valence-corrected chi connectivity index (χ0v) is 15.8. The molecule has 3 N–H and O–H groups in total. The summed E-state index contributed by atoms with van der Waals surface area (Å²) in [5, 5.41) is 0. The fraction of sp³-hybridized carbons (Fsp3) is 0.0952. The van der Waals surface area contributed by atoms with Crippen LogP contribution >= 0.6 is 0 Å². The number of hydrogen-bond acceptors (Lipinski definition) is 6. The number of benzene rings is 1. The minimum atomic E-state index is -0.496. The first-order chi connectivity index (χ1) is 14.1. The lowest BCUT2D eigenvalue weighted by molar-refractivity contribution is 0.387. The fourth-order valence-corrected chi connectivity index (χ4v) is 3.04. The number of methoxy groups -OCH3 is 2. The first-order valence-corrected chi connectivity index (χ1v) is 8.75. The second kappa shape index (κ2) is 7.59. The molecule has 146 valence electrons. The normalized spacial score (nSPS) is 10.7. The van der Waals surface area contributed by atoms with Crippen molar-refractivity contribution in [2.75, 3.05) is 20.0 Å². The van der Waals surface area contributed by atoms with Crippen molar-refractivity contribution in [1.82, 2.24) is 19.9 Å². The molecule has 0 spiro atoms. The quantitative estimate of drug-likeness (QED) is 0.535. The van der Waals surface area contributed by atoms with Crippen LogP contribution in [-0.2, 0) is 0 Å². The number of H-pyrrole nitrogens is 1. The number of nitrogen functional groups attached to an aromatic ring is 1. The Morgan fingerprint density at radius 1 is 1.00 bits per heavy atom. The summed E-state index contributed by atoms with van der Waals surface area (Å²) in [5.41, 5.74) is 8.93. The molecule has 4 rings (SSSR count). The van der Waals surface area contributed by atoms with Crippen LogP contribution < -0.4 is 15.2 Å². The number of nitrogens with zero attached hydrogens (tertiary/aromatic N) is 3. The van der Waals surface area contributed by atoms with Gasteiger partial charge in [-0.05, 0) is 30.3 Å². The Labute approximate surface area is 166 Å². The topological polar surface area (TPSA) is 98.9 Å². The van der Waals surface area contributed by atoms with Gasteiger partial charge >= 0.3 is 0 Å². The molecule has 7 nitrogen and oxygen atoms in total. The number of ether oxygens (including phenoxy) is 2. The number of pyridine rings is 2.